The van der Waals surface area contributed by atoms with Gasteiger partial charge in [0.15, 0.2) is 0 Å². The number of aliphatic carboxylic acids is 1. The van der Waals surface area contributed by atoms with Crippen molar-refractivity contribution in [2.75, 3.05) is 6.61 Å². The molecule has 3 heteroatoms. The molecule has 0 fully saturated rings. The molecule has 0 saturated heterocycles. The van der Waals surface area contributed by atoms with Crippen LogP contribution in [0.2, 0.25) is 0 Å². The third-order valence-corrected chi connectivity index (χ3v) is 2.56. The molecule has 1 N–H and O–H groups in total. The van der Waals surface area contributed by atoms with Gasteiger partial charge in [-0.3, -0.25) is 4.79 Å². The van der Waals surface area contributed by atoms with E-state index in [9.17, 15) is 4.79 Å². The van der Waals surface area contributed by atoms with E-state index >= 15 is 0 Å². The summed E-state index contributed by atoms with van der Waals surface area (Å²) in [6.07, 6.45) is 4.04. The molecule has 0 heterocycles. The minimum Gasteiger partial charge on any atom is -0.493 e. The second kappa shape index (κ2) is 7.71. The van der Waals surface area contributed by atoms with Crippen LogP contribution in [-0.4, -0.2) is 17.7 Å². The van der Waals surface area contributed by atoms with Crippen molar-refractivity contribution in [2.24, 2.45) is 0 Å². The van der Waals surface area contributed by atoms with Gasteiger partial charge in [0.1, 0.15) is 5.75 Å². The smallest absolute Gasteiger partial charge is 0.303 e. The maximum absolute atomic E-state index is 10.4. The topological polar surface area (TPSA) is 46.5 Å². The lowest BCUT2D eigenvalue weighted by Crippen LogP contribution is -2.03. The number of para-hydroxylation sites is 1. The Morgan fingerprint density at radius 1 is 1.29 bits per heavy atom. The van der Waals surface area contributed by atoms with Crippen LogP contribution in [0.5, 0.6) is 5.75 Å². The summed E-state index contributed by atoms with van der Waals surface area (Å²) in [6, 6.07) is 7.98. The summed E-state index contributed by atoms with van der Waals surface area (Å²) in [5, 5.41) is 8.53. The summed E-state index contributed by atoms with van der Waals surface area (Å²) in [5.74, 6) is 0.124. The molecule has 94 valence electrons. The lowest BCUT2D eigenvalue weighted by atomic mass is 10.1. The number of carboxylic acids is 1. The highest BCUT2D eigenvalue weighted by molar-refractivity contribution is 5.66. The van der Waals surface area contributed by atoms with Gasteiger partial charge in [-0.05, 0) is 30.9 Å². The lowest BCUT2D eigenvalue weighted by molar-refractivity contribution is -0.137. The summed E-state index contributed by atoms with van der Waals surface area (Å²) < 4.78 is 5.62. The van der Waals surface area contributed by atoms with Gasteiger partial charge in [-0.25, -0.2) is 0 Å². The standard InChI is InChI=1S/C14H20O3/c1-2-3-7-12-8-4-5-9-13(12)17-11-6-10-14(15)16/h4-5,8-9H,2-3,6-7,10-11H2,1H3,(H,15,16). The van der Waals surface area contributed by atoms with E-state index in [1.165, 1.54) is 5.56 Å². The number of carboxylic acid groups (broad SMARTS) is 1. The lowest BCUT2D eigenvalue weighted by Gasteiger charge is -2.10. The Morgan fingerprint density at radius 3 is 2.76 bits per heavy atom. The molecule has 0 radical (unpaired) electrons. The molecule has 0 amide bonds. The van der Waals surface area contributed by atoms with Crippen molar-refractivity contribution < 1.29 is 14.6 Å². The third-order valence-electron chi connectivity index (χ3n) is 2.56. The quantitative estimate of drug-likeness (QED) is 0.705. The van der Waals surface area contributed by atoms with Gasteiger partial charge in [0.05, 0.1) is 6.61 Å². The summed E-state index contributed by atoms with van der Waals surface area (Å²) in [4.78, 5) is 10.4. The molecule has 17 heavy (non-hydrogen) atoms. The first kappa shape index (κ1) is 13.6. The van der Waals surface area contributed by atoms with E-state index in [2.05, 4.69) is 13.0 Å². The van der Waals surface area contributed by atoms with Crippen molar-refractivity contribution in [1.82, 2.24) is 0 Å². The number of aryl methyl sites for hydroxylation is 1. The first-order chi connectivity index (χ1) is 8.24. The highest BCUT2D eigenvalue weighted by Crippen LogP contribution is 2.20. The van der Waals surface area contributed by atoms with Gasteiger partial charge in [0.25, 0.3) is 0 Å². The van der Waals surface area contributed by atoms with Gasteiger partial charge >= 0.3 is 5.97 Å². The zero-order valence-electron chi connectivity index (χ0n) is 10.3. The Labute approximate surface area is 102 Å². The average molecular weight is 236 g/mol. The predicted octanol–water partition coefficient (Wildman–Crippen LogP) is 3.27. The van der Waals surface area contributed by atoms with Crippen LogP contribution in [0, 0.1) is 0 Å². The predicted molar refractivity (Wildman–Crippen MR) is 67.4 cm³/mol. The van der Waals surface area contributed by atoms with E-state index < -0.39 is 5.97 Å². The fraction of sp³-hybridized carbons (Fsp3) is 0.500. The zero-order chi connectivity index (χ0) is 12.5. The fourth-order valence-corrected chi connectivity index (χ4v) is 1.62. The Kier molecular flexibility index (Phi) is 6.15. The first-order valence-corrected chi connectivity index (χ1v) is 6.16. The van der Waals surface area contributed by atoms with Crippen LogP contribution >= 0.6 is 0 Å². The Morgan fingerprint density at radius 2 is 2.06 bits per heavy atom. The van der Waals surface area contributed by atoms with Crippen molar-refractivity contribution in [3.05, 3.63) is 29.8 Å². The second-order valence-corrected chi connectivity index (χ2v) is 4.06. The van der Waals surface area contributed by atoms with Crippen LogP contribution in [0.15, 0.2) is 24.3 Å². The molecule has 0 spiro atoms. The second-order valence-electron chi connectivity index (χ2n) is 4.06. The maximum Gasteiger partial charge on any atom is 0.303 e. The molecule has 1 aromatic rings. The number of hydrogen-bond donors (Lipinski definition) is 1. The van der Waals surface area contributed by atoms with E-state index in [0.717, 1.165) is 25.0 Å². The van der Waals surface area contributed by atoms with Crippen LogP contribution in [0.25, 0.3) is 0 Å². The van der Waals surface area contributed by atoms with Crippen LogP contribution in [-0.2, 0) is 11.2 Å². The van der Waals surface area contributed by atoms with Crippen LogP contribution in [0.4, 0.5) is 0 Å². The molecule has 0 unspecified atom stereocenters. The van der Waals surface area contributed by atoms with E-state index in [1.807, 2.05) is 18.2 Å². The van der Waals surface area contributed by atoms with Crippen molar-refractivity contribution >= 4 is 5.97 Å². The molecule has 0 aliphatic rings. The number of carbonyl (C=O) groups is 1. The van der Waals surface area contributed by atoms with Crippen LogP contribution in [0.1, 0.15) is 38.2 Å². The molecule has 3 nitrogen and oxygen atoms in total. The Balaban J connectivity index is 2.43. The summed E-state index contributed by atoms with van der Waals surface area (Å²) >= 11 is 0. The molecular formula is C14H20O3. The van der Waals surface area contributed by atoms with Crippen LogP contribution < -0.4 is 4.74 Å². The largest absolute Gasteiger partial charge is 0.493 e. The van der Waals surface area contributed by atoms with E-state index in [0.29, 0.717) is 13.0 Å². The number of hydrogen-bond acceptors (Lipinski definition) is 2. The summed E-state index contributed by atoms with van der Waals surface area (Å²) in [5.41, 5.74) is 1.21. The minimum atomic E-state index is -0.770. The first-order valence-electron chi connectivity index (χ1n) is 6.16. The number of rotatable bonds is 8. The Bertz CT molecular complexity index is 347. The molecule has 0 atom stereocenters. The Hall–Kier alpha value is -1.51. The molecular weight excluding hydrogens is 216 g/mol. The minimum absolute atomic E-state index is 0.164. The number of benzene rings is 1. The normalized spacial score (nSPS) is 10.2. The van der Waals surface area contributed by atoms with Crippen molar-refractivity contribution in [1.29, 1.82) is 0 Å². The van der Waals surface area contributed by atoms with Gasteiger partial charge in [-0.15, -0.1) is 0 Å². The van der Waals surface area contributed by atoms with Crippen LogP contribution in [0.3, 0.4) is 0 Å². The maximum atomic E-state index is 10.4. The molecule has 1 aromatic carbocycles. The monoisotopic (exact) mass is 236 g/mol. The molecule has 0 aromatic heterocycles. The van der Waals surface area contributed by atoms with E-state index in [4.69, 9.17) is 9.84 Å². The van der Waals surface area contributed by atoms with Crippen molar-refractivity contribution in [3.63, 3.8) is 0 Å². The van der Waals surface area contributed by atoms with E-state index in [1.54, 1.807) is 0 Å². The summed E-state index contributed by atoms with van der Waals surface area (Å²) in [7, 11) is 0. The summed E-state index contributed by atoms with van der Waals surface area (Å²) in [6.45, 7) is 2.63. The van der Waals surface area contributed by atoms with Gasteiger partial charge in [-0.2, -0.15) is 0 Å². The van der Waals surface area contributed by atoms with Gasteiger partial charge < -0.3 is 9.84 Å². The average Bonchev–Trinajstić information content (AvgIpc) is 2.33. The molecule has 0 saturated carbocycles. The highest BCUT2D eigenvalue weighted by Gasteiger charge is 2.03. The molecule has 0 bridgehead atoms. The van der Waals surface area contributed by atoms with Gasteiger partial charge in [0.2, 0.25) is 0 Å². The van der Waals surface area contributed by atoms with Crippen molar-refractivity contribution in [2.45, 2.75) is 39.0 Å². The SMILES string of the molecule is CCCCc1ccccc1OCCCC(=O)O. The molecule has 0 aliphatic carbocycles. The van der Waals surface area contributed by atoms with Gasteiger partial charge in [0, 0.05) is 6.42 Å². The van der Waals surface area contributed by atoms with Crippen molar-refractivity contribution in [3.8, 4) is 5.75 Å². The van der Waals surface area contributed by atoms with Gasteiger partial charge in [-0.1, -0.05) is 31.5 Å². The zero-order valence-corrected chi connectivity index (χ0v) is 10.3. The van der Waals surface area contributed by atoms with E-state index in [-0.39, 0.29) is 6.42 Å². The number of ether oxygens (including phenoxy) is 1. The third kappa shape index (κ3) is 5.38. The fourth-order valence-electron chi connectivity index (χ4n) is 1.62. The molecule has 1 rings (SSSR count). The molecule has 0 aliphatic heterocycles. The number of unbranched alkanes of at least 4 members (excludes halogenated alkanes) is 1. The highest BCUT2D eigenvalue weighted by atomic mass is 16.5.